The summed E-state index contributed by atoms with van der Waals surface area (Å²) in [5, 5.41) is 2.96. The number of anilines is 1. The zero-order valence-corrected chi connectivity index (χ0v) is 14.8. The highest BCUT2D eigenvalue weighted by Crippen LogP contribution is 2.19. The van der Waals surface area contributed by atoms with Crippen molar-refractivity contribution in [2.24, 2.45) is 0 Å². The molecule has 0 saturated carbocycles. The molecule has 4 nitrogen and oxygen atoms in total. The van der Waals surface area contributed by atoms with Gasteiger partial charge in [0.05, 0.1) is 13.5 Å². The average molecular weight is 338 g/mol. The summed E-state index contributed by atoms with van der Waals surface area (Å²) in [5.41, 5.74) is 3.02. The van der Waals surface area contributed by atoms with Crippen LogP contribution < -0.4 is 10.1 Å². The lowest BCUT2D eigenvalue weighted by Crippen LogP contribution is -2.29. The van der Waals surface area contributed by atoms with E-state index in [0.717, 1.165) is 23.5 Å². The van der Waals surface area contributed by atoms with E-state index >= 15 is 0 Å². The molecule has 4 heteroatoms. The SMILES string of the molecule is COc1ccccc1CC(=O)Nc1ccc(CN2CCCCC2)cc1. The number of methoxy groups -OCH3 is 1. The second kappa shape index (κ2) is 8.67. The van der Waals surface area contributed by atoms with Gasteiger partial charge in [0.2, 0.25) is 5.91 Å². The Hall–Kier alpha value is -2.33. The Labute approximate surface area is 149 Å². The maximum Gasteiger partial charge on any atom is 0.228 e. The Balaban J connectivity index is 1.54. The van der Waals surface area contributed by atoms with Crippen LogP contribution in [0.15, 0.2) is 48.5 Å². The number of ether oxygens (including phenoxy) is 1. The number of carbonyl (C=O) groups is 1. The van der Waals surface area contributed by atoms with Crippen molar-refractivity contribution in [3.8, 4) is 5.75 Å². The molecule has 0 aromatic heterocycles. The van der Waals surface area contributed by atoms with Crippen LogP contribution in [0.25, 0.3) is 0 Å². The minimum Gasteiger partial charge on any atom is -0.496 e. The number of para-hydroxylation sites is 1. The number of benzene rings is 2. The summed E-state index contributed by atoms with van der Waals surface area (Å²) < 4.78 is 5.30. The van der Waals surface area contributed by atoms with Gasteiger partial charge in [-0.15, -0.1) is 0 Å². The van der Waals surface area contributed by atoms with Crippen LogP contribution in [0.4, 0.5) is 5.69 Å². The lowest BCUT2D eigenvalue weighted by atomic mass is 10.1. The van der Waals surface area contributed by atoms with Crippen molar-refractivity contribution >= 4 is 11.6 Å². The summed E-state index contributed by atoms with van der Waals surface area (Å²) in [6, 6.07) is 15.8. The lowest BCUT2D eigenvalue weighted by molar-refractivity contribution is -0.115. The third kappa shape index (κ3) is 5.07. The molecule has 1 heterocycles. The highest BCUT2D eigenvalue weighted by molar-refractivity contribution is 5.92. The molecule has 25 heavy (non-hydrogen) atoms. The van der Waals surface area contributed by atoms with Crippen LogP contribution in [-0.4, -0.2) is 31.0 Å². The molecule has 0 atom stereocenters. The molecule has 1 amide bonds. The molecular weight excluding hydrogens is 312 g/mol. The maximum absolute atomic E-state index is 12.3. The molecule has 0 spiro atoms. The predicted molar refractivity (Wildman–Crippen MR) is 101 cm³/mol. The van der Waals surface area contributed by atoms with E-state index in [1.165, 1.54) is 37.9 Å². The molecule has 0 bridgehead atoms. The molecule has 1 fully saturated rings. The first-order chi connectivity index (χ1) is 12.2. The number of nitrogens with one attached hydrogen (secondary N) is 1. The molecule has 2 aromatic rings. The van der Waals surface area contributed by atoms with Gasteiger partial charge in [0.15, 0.2) is 0 Å². The summed E-state index contributed by atoms with van der Waals surface area (Å²) in [6.07, 6.45) is 4.27. The Kier molecular flexibility index (Phi) is 6.07. The van der Waals surface area contributed by atoms with Crippen LogP contribution in [0.3, 0.4) is 0 Å². The van der Waals surface area contributed by atoms with Gasteiger partial charge in [-0.1, -0.05) is 36.8 Å². The number of rotatable bonds is 6. The number of piperidine rings is 1. The topological polar surface area (TPSA) is 41.6 Å². The van der Waals surface area contributed by atoms with Crippen molar-refractivity contribution in [3.05, 3.63) is 59.7 Å². The fourth-order valence-electron chi connectivity index (χ4n) is 3.30. The Morgan fingerprint density at radius 3 is 2.48 bits per heavy atom. The normalized spacial score (nSPS) is 14.9. The Bertz CT molecular complexity index is 691. The van der Waals surface area contributed by atoms with Crippen LogP contribution in [0.5, 0.6) is 5.75 Å². The minimum atomic E-state index is -0.0340. The molecule has 1 N–H and O–H groups in total. The third-order valence-corrected chi connectivity index (χ3v) is 4.64. The van der Waals surface area contributed by atoms with E-state index in [2.05, 4.69) is 22.3 Å². The minimum absolute atomic E-state index is 0.0340. The predicted octanol–water partition coefficient (Wildman–Crippen LogP) is 3.86. The van der Waals surface area contributed by atoms with Crippen molar-refractivity contribution in [3.63, 3.8) is 0 Å². The fourth-order valence-corrected chi connectivity index (χ4v) is 3.30. The zero-order valence-electron chi connectivity index (χ0n) is 14.8. The molecule has 1 aliphatic heterocycles. The van der Waals surface area contributed by atoms with Gasteiger partial charge in [0.25, 0.3) is 0 Å². The second-order valence-corrected chi connectivity index (χ2v) is 6.57. The van der Waals surface area contributed by atoms with Crippen molar-refractivity contribution in [1.82, 2.24) is 4.90 Å². The Morgan fingerprint density at radius 2 is 1.76 bits per heavy atom. The maximum atomic E-state index is 12.3. The largest absolute Gasteiger partial charge is 0.496 e. The van der Waals surface area contributed by atoms with Crippen molar-refractivity contribution in [2.75, 3.05) is 25.5 Å². The molecular formula is C21H26N2O2. The van der Waals surface area contributed by atoms with E-state index in [1.807, 2.05) is 36.4 Å². The van der Waals surface area contributed by atoms with Crippen LogP contribution >= 0.6 is 0 Å². The average Bonchev–Trinajstić information content (AvgIpc) is 2.64. The molecule has 0 radical (unpaired) electrons. The molecule has 3 rings (SSSR count). The first kappa shape index (κ1) is 17.5. The van der Waals surface area contributed by atoms with E-state index in [1.54, 1.807) is 7.11 Å². The van der Waals surface area contributed by atoms with E-state index in [0.29, 0.717) is 6.42 Å². The van der Waals surface area contributed by atoms with Gasteiger partial charge < -0.3 is 10.1 Å². The summed E-state index contributed by atoms with van der Waals surface area (Å²) in [5.74, 6) is 0.711. The van der Waals surface area contributed by atoms with Gasteiger partial charge in [-0.2, -0.15) is 0 Å². The van der Waals surface area contributed by atoms with Gasteiger partial charge in [0, 0.05) is 17.8 Å². The number of carbonyl (C=O) groups excluding carboxylic acids is 1. The summed E-state index contributed by atoms with van der Waals surface area (Å²) in [7, 11) is 1.62. The number of amides is 1. The third-order valence-electron chi connectivity index (χ3n) is 4.64. The molecule has 0 unspecified atom stereocenters. The smallest absolute Gasteiger partial charge is 0.228 e. The summed E-state index contributed by atoms with van der Waals surface area (Å²) in [6.45, 7) is 3.38. The van der Waals surface area contributed by atoms with Gasteiger partial charge in [-0.25, -0.2) is 0 Å². The van der Waals surface area contributed by atoms with Gasteiger partial charge >= 0.3 is 0 Å². The quantitative estimate of drug-likeness (QED) is 0.869. The van der Waals surface area contributed by atoms with Crippen molar-refractivity contribution in [1.29, 1.82) is 0 Å². The molecule has 0 aliphatic carbocycles. The molecule has 1 saturated heterocycles. The van der Waals surface area contributed by atoms with Gasteiger partial charge in [-0.3, -0.25) is 9.69 Å². The molecule has 1 aliphatic rings. The first-order valence-corrected chi connectivity index (χ1v) is 8.97. The van der Waals surface area contributed by atoms with Crippen LogP contribution in [0.1, 0.15) is 30.4 Å². The van der Waals surface area contributed by atoms with Gasteiger partial charge in [0.1, 0.15) is 5.75 Å². The van der Waals surface area contributed by atoms with E-state index in [4.69, 9.17) is 4.74 Å². The zero-order chi connectivity index (χ0) is 17.5. The number of hydrogen-bond acceptors (Lipinski definition) is 3. The van der Waals surface area contributed by atoms with Crippen LogP contribution in [0.2, 0.25) is 0 Å². The summed E-state index contributed by atoms with van der Waals surface area (Å²) in [4.78, 5) is 14.8. The monoisotopic (exact) mass is 338 g/mol. The Morgan fingerprint density at radius 1 is 1.04 bits per heavy atom. The highest BCUT2D eigenvalue weighted by atomic mass is 16.5. The first-order valence-electron chi connectivity index (χ1n) is 8.97. The van der Waals surface area contributed by atoms with Crippen molar-refractivity contribution < 1.29 is 9.53 Å². The number of nitrogens with zero attached hydrogens (tertiary/aromatic N) is 1. The number of likely N-dealkylation sites (tertiary alicyclic amines) is 1. The second-order valence-electron chi connectivity index (χ2n) is 6.57. The van der Waals surface area contributed by atoms with Crippen LogP contribution in [-0.2, 0) is 17.8 Å². The highest BCUT2D eigenvalue weighted by Gasteiger charge is 2.11. The van der Waals surface area contributed by atoms with E-state index in [9.17, 15) is 4.79 Å². The van der Waals surface area contributed by atoms with Crippen molar-refractivity contribution in [2.45, 2.75) is 32.2 Å². The van der Waals surface area contributed by atoms with E-state index < -0.39 is 0 Å². The lowest BCUT2D eigenvalue weighted by Gasteiger charge is -2.26. The molecule has 2 aromatic carbocycles. The molecule has 132 valence electrons. The van der Waals surface area contributed by atoms with Crippen LogP contribution in [0, 0.1) is 0 Å². The summed E-state index contributed by atoms with van der Waals surface area (Å²) >= 11 is 0. The standard InChI is InChI=1S/C21H26N2O2/c1-25-20-8-4-3-7-18(20)15-21(24)22-19-11-9-17(10-12-19)16-23-13-5-2-6-14-23/h3-4,7-12H,2,5-6,13-16H2,1H3,(H,22,24). The van der Waals surface area contributed by atoms with Gasteiger partial charge in [-0.05, 0) is 49.7 Å². The van der Waals surface area contributed by atoms with E-state index in [-0.39, 0.29) is 5.91 Å². The fraction of sp³-hybridized carbons (Fsp3) is 0.381. The number of hydrogen-bond donors (Lipinski definition) is 1.